The first-order valence-corrected chi connectivity index (χ1v) is 12.8. The molecule has 2 aliphatic rings. The monoisotopic (exact) mass is 495 g/mol. The van der Waals surface area contributed by atoms with Crippen LogP contribution in [0.5, 0.6) is 11.5 Å². The number of hydrogen-bond donors (Lipinski definition) is 0. The summed E-state index contributed by atoms with van der Waals surface area (Å²) < 4.78 is 18.9. The summed E-state index contributed by atoms with van der Waals surface area (Å²) in [5.41, 5.74) is 7.69. The number of allylic oxidation sites excluding steroid dienone is 4. The van der Waals surface area contributed by atoms with E-state index in [2.05, 4.69) is 72.2 Å². The molecular weight excluding hydrogens is 462 g/mol. The molecule has 2 aliphatic carbocycles. The molecule has 0 spiro atoms. The number of carbonyl (C=O) groups is 1. The molecule has 3 aromatic rings. The quantitative estimate of drug-likeness (QED) is 0.320. The van der Waals surface area contributed by atoms with Crippen LogP contribution in [0.25, 0.3) is 17.3 Å². The van der Waals surface area contributed by atoms with E-state index < -0.39 is 5.97 Å². The van der Waals surface area contributed by atoms with Crippen LogP contribution < -0.4 is 9.47 Å². The van der Waals surface area contributed by atoms with Crippen LogP contribution in [0.2, 0.25) is 0 Å². The molecule has 0 radical (unpaired) electrons. The van der Waals surface area contributed by atoms with E-state index in [0.29, 0.717) is 30.4 Å². The largest absolute Gasteiger partial charge is 0.496 e. The normalized spacial score (nSPS) is 16.2. The second kappa shape index (κ2) is 11.0. The first-order chi connectivity index (χ1) is 18.1. The Labute approximate surface area is 218 Å². The maximum atomic E-state index is 12.1. The molecule has 0 N–H and O–H groups in total. The molecule has 0 amide bonds. The van der Waals surface area contributed by atoms with Gasteiger partial charge in [-0.2, -0.15) is 0 Å². The minimum Gasteiger partial charge on any atom is -0.496 e. The third kappa shape index (κ3) is 5.26. The molecule has 5 rings (SSSR count). The van der Waals surface area contributed by atoms with Crippen LogP contribution in [-0.4, -0.2) is 31.4 Å². The number of rotatable bonds is 8. The number of nitrogens with zero attached hydrogens (tertiary/aromatic N) is 1. The number of aromatic nitrogens is 1. The van der Waals surface area contributed by atoms with Gasteiger partial charge >= 0.3 is 5.97 Å². The number of hydrogen-bond acceptors (Lipinski definition) is 4. The first kappa shape index (κ1) is 24.7. The van der Waals surface area contributed by atoms with Gasteiger partial charge in [0.15, 0.2) is 0 Å². The maximum absolute atomic E-state index is 12.1. The molecule has 190 valence electrons. The van der Waals surface area contributed by atoms with Crippen LogP contribution in [0.1, 0.15) is 46.9 Å². The summed E-state index contributed by atoms with van der Waals surface area (Å²) in [6.07, 6.45) is 14.0. The van der Waals surface area contributed by atoms with Gasteiger partial charge in [-0.3, -0.25) is 0 Å². The Hall–Kier alpha value is -3.99. The fourth-order valence-electron chi connectivity index (χ4n) is 5.05. The van der Waals surface area contributed by atoms with Gasteiger partial charge in [0.05, 0.1) is 14.2 Å². The topological polar surface area (TPSA) is 49.7 Å². The molecule has 1 heterocycles. The van der Waals surface area contributed by atoms with Crippen molar-refractivity contribution in [2.45, 2.75) is 32.7 Å². The molecule has 1 aromatic heterocycles. The minimum absolute atomic E-state index is 0.402. The van der Waals surface area contributed by atoms with Crippen LogP contribution in [0.15, 0.2) is 78.4 Å². The van der Waals surface area contributed by atoms with E-state index in [4.69, 9.17) is 14.2 Å². The molecule has 37 heavy (non-hydrogen) atoms. The van der Waals surface area contributed by atoms with Crippen molar-refractivity contribution in [3.8, 4) is 22.8 Å². The van der Waals surface area contributed by atoms with Gasteiger partial charge in [0, 0.05) is 17.9 Å². The van der Waals surface area contributed by atoms with Crippen LogP contribution in [0.3, 0.4) is 0 Å². The van der Waals surface area contributed by atoms with Gasteiger partial charge in [0.1, 0.15) is 23.7 Å². The molecular formula is C32H33NO4. The number of methoxy groups -OCH3 is 2. The highest BCUT2D eigenvalue weighted by Gasteiger charge is 2.19. The highest BCUT2D eigenvalue weighted by atomic mass is 16.5. The van der Waals surface area contributed by atoms with Crippen molar-refractivity contribution in [2.24, 2.45) is 5.92 Å². The zero-order chi connectivity index (χ0) is 25.8. The van der Waals surface area contributed by atoms with E-state index >= 15 is 0 Å². The van der Waals surface area contributed by atoms with E-state index in [0.717, 1.165) is 41.8 Å². The van der Waals surface area contributed by atoms with Crippen molar-refractivity contribution >= 4 is 12.0 Å². The van der Waals surface area contributed by atoms with E-state index in [-0.39, 0.29) is 0 Å². The Balaban J connectivity index is 1.41. The van der Waals surface area contributed by atoms with Gasteiger partial charge in [-0.05, 0) is 89.9 Å². The van der Waals surface area contributed by atoms with Crippen molar-refractivity contribution in [3.63, 3.8) is 0 Å². The van der Waals surface area contributed by atoms with Crippen molar-refractivity contribution in [3.05, 3.63) is 101 Å². The third-order valence-corrected chi connectivity index (χ3v) is 7.22. The Bertz CT molecular complexity index is 1370. The van der Waals surface area contributed by atoms with E-state index in [1.807, 2.05) is 12.1 Å². The molecule has 5 nitrogen and oxygen atoms in total. The van der Waals surface area contributed by atoms with Crippen LogP contribution in [-0.2, 0) is 17.7 Å². The first-order valence-electron chi connectivity index (χ1n) is 12.8. The third-order valence-electron chi connectivity index (χ3n) is 7.22. The van der Waals surface area contributed by atoms with Gasteiger partial charge in [-0.1, -0.05) is 43.4 Å². The average molecular weight is 496 g/mol. The Morgan fingerprint density at radius 2 is 1.89 bits per heavy atom. The van der Waals surface area contributed by atoms with Gasteiger partial charge in [-0.15, -0.1) is 0 Å². The van der Waals surface area contributed by atoms with Crippen LogP contribution in [0.4, 0.5) is 0 Å². The fourth-order valence-corrected chi connectivity index (χ4v) is 5.05. The molecule has 0 aliphatic heterocycles. The van der Waals surface area contributed by atoms with Crippen molar-refractivity contribution in [2.75, 3.05) is 20.8 Å². The Kier molecular flexibility index (Phi) is 7.31. The van der Waals surface area contributed by atoms with Crippen LogP contribution in [0, 0.1) is 5.92 Å². The Morgan fingerprint density at radius 1 is 1.05 bits per heavy atom. The Morgan fingerprint density at radius 3 is 2.65 bits per heavy atom. The lowest BCUT2D eigenvalue weighted by Gasteiger charge is -2.18. The summed E-state index contributed by atoms with van der Waals surface area (Å²) in [4.78, 5) is 12.1. The maximum Gasteiger partial charge on any atom is 0.341 e. The molecule has 1 atom stereocenters. The lowest BCUT2D eigenvalue weighted by Crippen LogP contribution is -2.10. The predicted octanol–water partition coefficient (Wildman–Crippen LogP) is 6.86. The number of esters is 1. The van der Waals surface area contributed by atoms with Gasteiger partial charge in [-0.25, -0.2) is 4.79 Å². The molecule has 0 fully saturated rings. The van der Waals surface area contributed by atoms with Crippen molar-refractivity contribution in [1.82, 2.24) is 4.57 Å². The summed E-state index contributed by atoms with van der Waals surface area (Å²) >= 11 is 0. The van der Waals surface area contributed by atoms with Crippen molar-refractivity contribution in [1.29, 1.82) is 0 Å². The highest BCUT2D eigenvalue weighted by molar-refractivity contribution is 5.92. The summed E-state index contributed by atoms with van der Waals surface area (Å²) in [5.74, 6) is 1.51. The highest BCUT2D eigenvalue weighted by Crippen LogP contribution is 2.33. The molecule has 1 unspecified atom stereocenters. The van der Waals surface area contributed by atoms with E-state index in [1.165, 1.54) is 23.9 Å². The zero-order valence-electron chi connectivity index (χ0n) is 21.7. The molecule has 0 saturated carbocycles. The van der Waals surface area contributed by atoms with E-state index in [9.17, 15) is 4.79 Å². The molecule has 0 saturated heterocycles. The summed E-state index contributed by atoms with van der Waals surface area (Å²) in [6, 6.07) is 16.3. The standard InChI is InChI=1S/C32H33NO4/c1-22-8-4-5-10-26(22)21-37-27-15-13-24(14-16-27)30-19-25-9-6-7-11-29(25)33(30)20-23-12-17-28(32(34)36-3)31(18-23)35-2/h4-6,9-10,12-19,22H,7-8,11,20-21H2,1-3H3. The lowest BCUT2D eigenvalue weighted by molar-refractivity contribution is 0.0597. The molecule has 2 aromatic carbocycles. The van der Waals surface area contributed by atoms with Gasteiger partial charge < -0.3 is 18.8 Å². The molecule has 0 bridgehead atoms. The second-order valence-electron chi connectivity index (χ2n) is 9.60. The predicted molar refractivity (Wildman–Crippen MR) is 147 cm³/mol. The second-order valence-corrected chi connectivity index (χ2v) is 9.60. The number of benzene rings is 2. The summed E-state index contributed by atoms with van der Waals surface area (Å²) in [6.45, 7) is 3.53. The zero-order valence-corrected chi connectivity index (χ0v) is 21.7. The fraction of sp³-hybridized carbons (Fsp3) is 0.281. The number of ether oxygens (including phenoxy) is 3. The van der Waals surface area contributed by atoms with E-state index in [1.54, 1.807) is 13.2 Å². The van der Waals surface area contributed by atoms with Gasteiger partial charge in [0.25, 0.3) is 0 Å². The molecule has 5 heteroatoms. The van der Waals surface area contributed by atoms with Gasteiger partial charge in [0.2, 0.25) is 0 Å². The van der Waals surface area contributed by atoms with Crippen molar-refractivity contribution < 1.29 is 19.0 Å². The number of carbonyl (C=O) groups excluding carboxylic acids is 1. The van der Waals surface area contributed by atoms with Crippen LogP contribution >= 0.6 is 0 Å². The lowest BCUT2D eigenvalue weighted by atomic mass is 9.94. The average Bonchev–Trinajstić information content (AvgIpc) is 3.30. The SMILES string of the molecule is COC(=O)c1ccc(Cn2c(-c3ccc(OCC4=CC=CCC4C)cc3)cc3c2CCC=C3)cc1OC. The summed E-state index contributed by atoms with van der Waals surface area (Å²) in [7, 11) is 2.95. The minimum atomic E-state index is -0.402. The summed E-state index contributed by atoms with van der Waals surface area (Å²) in [5, 5.41) is 0. The number of fused-ring (bicyclic) bond motifs is 1. The smallest absolute Gasteiger partial charge is 0.341 e.